The van der Waals surface area contributed by atoms with Gasteiger partial charge in [0.05, 0.1) is 11.9 Å². The van der Waals surface area contributed by atoms with Gasteiger partial charge in [0.1, 0.15) is 0 Å². The van der Waals surface area contributed by atoms with Gasteiger partial charge in [-0.1, -0.05) is 36.4 Å². The maximum absolute atomic E-state index is 12.7. The summed E-state index contributed by atoms with van der Waals surface area (Å²) >= 11 is 0. The molecule has 138 valence electrons. The van der Waals surface area contributed by atoms with E-state index in [0.717, 1.165) is 28.8 Å². The van der Waals surface area contributed by atoms with Gasteiger partial charge in [0, 0.05) is 25.2 Å². The van der Waals surface area contributed by atoms with Gasteiger partial charge >= 0.3 is 0 Å². The van der Waals surface area contributed by atoms with Crippen molar-refractivity contribution in [2.45, 2.75) is 26.7 Å². The van der Waals surface area contributed by atoms with Gasteiger partial charge in [-0.15, -0.1) is 0 Å². The van der Waals surface area contributed by atoms with Crippen LogP contribution in [0, 0.1) is 13.8 Å². The number of hydrogen-bond acceptors (Lipinski definition) is 3. The highest BCUT2D eigenvalue weighted by Gasteiger charge is 2.27. The van der Waals surface area contributed by atoms with Crippen LogP contribution in [-0.4, -0.2) is 33.7 Å². The summed E-state index contributed by atoms with van der Waals surface area (Å²) in [5.74, 6) is -0.0464. The number of rotatable bonds is 5. The highest BCUT2D eigenvalue weighted by atomic mass is 32.2. The number of benzene rings is 2. The molecule has 1 amide bonds. The summed E-state index contributed by atoms with van der Waals surface area (Å²) in [5.41, 5.74) is 4.54. The summed E-state index contributed by atoms with van der Waals surface area (Å²) in [6.45, 7) is 4.57. The van der Waals surface area contributed by atoms with Gasteiger partial charge in [-0.25, -0.2) is 8.42 Å². The van der Waals surface area contributed by atoms with Crippen LogP contribution in [0.15, 0.2) is 42.5 Å². The first-order valence-corrected chi connectivity index (χ1v) is 10.6. The summed E-state index contributed by atoms with van der Waals surface area (Å²) < 4.78 is 26.1. The summed E-state index contributed by atoms with van der Waals surface area (Å²) in [6.07, 6.45) is 2.18. The number of nitrogens with zero attached hydrogens (tertiary/aromatic N) is 2. The molecule has 0 radical (unpaired) electrons. The van der Waals surface area contributed by atoms with Gasteiger partial charge in [0.2, 0.25) is 15.9 Å². The second-order valence-corrected chi connectivity index (χ2v) is 8.66. The van der Waals surface area contributed by atoms with Crippen molar-refractivity contribution < 1.29 is 13.2 Å². The summed E-state index contributed by atoms with van der Waals surface area (Å²) in [7, 11) is -3.48. The summed E-state index contributed by atoms with van der Waals surface area (Å²) in [6, 6.07) is 13.5. The van der Waals surface area contributed by atoms with Crippen molar-refractivity contribution in [2.24, 2.45) is 0 Å². The van der Waals surface area contributed by atoms with Crippen LogP contribution < -0.4 is 9.21 Å². The van der Waals surface area contributed by atoms with Gasteiger partial charge in [-0.05, 0) is 43.0 Å². The van der Waals surface area contributed by atoms with Crippen LogP contribution in [0.25, 0.3) is 0 Å². The molecule has 0 unspecified atom stereocenters. The van der Waals surface area contributed by atoms with E-state index in [1.165, 1.54) is 10.6 Å². The highest BCUT2D eigenvalue weighted by Crippen LogP contribution is 2.29. The zero-order valence-electron chi connectivity index (χ0n) is 15.4. The van der Waals surface area contributed by atoms with Crippen LogP contribution in [0.2, 0.25) is 0 Å². The topological polar surface area (TPSA) is 57.7 Å². The Morgan fingerprint density at radius 1 is 1.08 bits per heavy atom. The van der Waals surface area contributed by atoms with E-state index in [1.54, 1.807) is 4.90 Å². The Kier molecular flexibility index (Phi) is 5.05. The number of sulfonamides is 1. The molecule has 3 rings (SSSR count). The molecule has 0 N–H and O–H groups in total. The monoisotopic (exact) mass is 372 g/mol. The molecular formula is C20H24N2O3S. The van der Waals surface area contributed by atoms with Crippen molar-refractivity contribution >= 4 is 27.3 Å². The third kappa shape index (κ3) is 3.60. The molecule has 0 aromatic heterocycles. The maximum Gasteiger partial charge on any atom is 0.232 e. The van der Waals surface area contributed by atoms with Crippen molar-refractivity contribution in [2.75, 3.05) is 28.6 Å². The van der Waals surface area contributed by atoms with E-state index in [2.05, 4.69) is 0 Å². The van der Waals surface area contributed by atoms with E-state index in [9.17, 15) is 13.2 Å². The zero-order chi connectivity index (χ0) is 18.9. The number of hydrogen-bond donors (Lipinski definition) is 0. The molecule has 2 aromatic carbocycles. The molecule has 0 fully saturated rings. The number of para-hydroxylation sites is 2. The predicted molar refractivity (Wildman–Crippen MR) is 105 cm³/mol. The quantitative estimate of drug-likeness (QED) is 0.811. The molecule has 0 bridgehead atoms. The molecule has 0 spiro atoms. The molecule has 6 heteroatoms. The first-order valence-electron chi connectivity index (χ1n) is 8.71. The van der Waals surface area contributed by atoms with Crippen molar-refractivity contribution in [3.05, 3.63) is 59.2 Å². The molecule has 1 aliphatic rings. The number of fused-ring (bicyclic) bond motifs is 1. The number of carbonyl (C=O) groups is 1. The molecule has 0 saturated heterocycles. The van der Waals surface area contributed by atoms with Crippen molar-refractivity contribution in [3.63, 3.8) is 0 Å². The molecule has 26 heavy (non-hydrogen) atoms. The SMILES string of the molecule is Cc1cccc(C)c1N(CCC(=O)N1CCc2ccccc21)S(C)(=O)=O. The Bertz CT molecular complexity index is 918. The van der Waals surface area contributed by atoms with E-state index in [1.807, 2.05) is 56.3 Å². The van der Waals surface area contributed by atoms with Crippen LogP contribution in [0.4, 0.5) is 11.4 Å². The van der Waals surface area contributed by atoms with Gasteiger partial charge in [-0.3, -0.25) is 9.10 Å². The third-order valence-corrected chi connectivity index (χ3v) is 5.97. The van der Waals surface area contributed by atoms with Gasteiger partial charge in [-0.2, -0.15) is 0 Å². The van der Waals surface area contributed by atoms with E-state index >= 15 is 0 Å². The second kappa shape index (κ2) is 7.11. The predicted octanol–water partition coefficient (Wildman–Crippen LogP) is 3.05. The first-order chi connectivity index (χ1) is 12.3. The molecule has 1 heterocycles. The zero-order valence-corrected chi connectivity index (χ0v) is 16.2. The molecular weight excluding hydrogens is 348 g/mol. The van der Waals surface area contributed by atoms with Crippen molar-refractivity contribution in [1.82, 2.24) is 0 Å². The minimum Gasteiger partial charge on any atom is -0.312 e. The molecule has 1 aliphatic heterocycles. The van der Waals surface area contributed by atoms with Crippen LogP contribution in [0.1, 0.15) is 23.1 Å². The minimum absolute atomic E-state index is 0.0464. The Hall–Kier alpha value is -2.34. The fourth-order valence-electron chi connectivity index (χ4n) is 3.57. The largest absolute Gasteiger partial charge is 0.312 e. The smallest absolute Gasteiger partial charge is 0.232 e. The molecule has 2 aromatic rings. The van der Waals surface area contributed by atoms with Crippen LogP contribution in [0.3, 0.4) is 0 Å². The van der Waals surface area contributed by atoms with Crippen LogP contribution in [0.5, 0.6) is 0 Å². The van der Waals surface area contributed by atoms with Crippen LogP contribution >= 0.6 is 0 Å². The molecule has 5 nitrogen and oxygen atoms in total. The Morgan fingerprint density at radius 2 is 1.73 bits per heavy atom. The average molecular weight is 372 g/mol. The molecule has 0 saturated carbocycles. The van der Waals surface area contributed by atoms with Gasteiger partial charge in [0.25, 0.3) is 0 Å². The highest BCUT2D eigenvalue weighted by molar-refractivity contribution is 7.92. The Balaban J connectivity index is 1.81. The number of amides is 1. The number of carbonyl (C=O) groups excluding carboxylic acids is 1. The fourth-order valence-corrected chi connectivity index (χ4v) is 4.61. The van der Waals surface area contributed by atoms with E-state index in [-0.39, 0.29) is 18.9 Å². The summed E-state index contributed by atoms with van der Waals surface area (Å²) in [5, 5.41) is 0. The third-order valence-electron chi connectivity index (χ3n) is 4.81. The van der Waals surface area contributed by atoms with Gasteiger partial charge < -0.3 is 4.90 Å². The van der Waals surface area contributed by atoms with Crippen molar-refractivity contribution in [3.8, 4) is 0 Å². The van der Waals surface area contributed by atoms with Crippen molar-refractivity contribution in [1.29, 1.82) is 0 Å². The minimum atomic E-state index is -3.48. The van der Waals surface area contributed by atoms with E-state index < -0.39 is 10.0 Å². The normalized spacial score (nSPS) is 13.6. The Labute approximate surface area is 155 Å². The van der Waals surface area contributed by atoms with Gasteiger partial charge in [0.15, 0.2) is 0 Å². The number of anilines is 2. The fraction of sp³-hybridized carbons (Fsp3) is 0.350. The molecule has 0 aliphatic carbocycles. The lowest BCUT2D eigenvalue weighted by Gasteiger charge is -2.27. The second-order valence-electron chi connectivity index (χ2n) is 6.75. The Morgan fingerprint density at radius 3 is 2.38 bits per heavy atom. The molecule has 0 atom stereocenters. The van der Waals surface area contributed by atoms with E-state index in [4.69, 9.17) is 0 Å². The van der Waals surface area contributed by atoms with Crippen LogP contribution in [-0.2, 0) is 21.2 Å². The summed E-state index contributed by atoms with van der Waals surface area (Å²) in [4.78, 5) is 14.5. The lowest BCUT2D eigenvalue weighted by molar-refractivity contribution is -0.118. The first kappa shape index (κ1) is 18.5. The standard InChI is InChI=1S/C20H24N2O3S/c1-15-7-6-8-16(2)20(15)22(26(3,24)25)14-12-19(23)21-13-11-17-9-4-5-10-18(17)21/h4-10H,11-14H2,1-3H3. The van der Waals surface area contributed by atoms with E-state index in [0.29, 0.717) is 12.2 Å². The maximum atomic E-state index is 12.7. The lowest BCUT2D eigenvalue weighted by Crippen LogP contribution is -2.37. The lowest BCUT2D eigenvalue weighted by atomic mass is 10.1. The average Bonchev–Trinajstić information content (AvgIpc) is 3.00. The number of aryl methyl sites for hydroxylation is 2.